The molecule has 1 heterocycles. The summed E-state index contributed by atoms with van der Waals surface area (Å²) in [6.45, 7) is 2.12. The smallest absolute Gasteiger partial charge is 0.142 e. The molecular weight excluding hydrogens is 294 g/mol. The van der Waals surface area contributed by atoms with E-state index in [1.54, 1.807) is 11.8 Å². The van der Waals surface area contributed by atoms with Crippen LogP contribution in [-0.2, 0) is 13.5 Å². The number of benzene rings is 1. The second-order valence-electron chi connectivity index (χ2n) is 4.09. The summed E-state index contributed by atoms with van der Waals surface area (Å²) in [4.78, 5) is 0. The first-order chi connectivity index (χ1) is 8.56. The van der Waals surface area contributed by atoms with E-state index in [0.717, 1.165) is 27.9 Å². The molecule has 0 fully saturated rings. The highest BCUT2D eigenvalue weighted by Gasteiger charge is 2.14. The van der Waals surface area contributed by atoms with Crippen molar-refractivity contribution in [1.29, 1.82) is 0 Å². The first kappa shape index (κ1) is 13.0. The molecular formula is C13H16BrN3O. The van der Waals surface area contributed by atoms with Crippen molar-refractivity contribution in [3.8, 4) is 17.0 Å². The fourth-order valence-electron chi connectivity index (χ4n) is 1.86. The van der Waals surface area contributed by atoms with E-state index in [-0.39, 0.29) is 0 Å². The van der Waals surface area contributed by atoms with E-state index in [2.05, 4.69) is 40.1 Å². The van der Waals surface area contributed by atoms with Gasteiger partial charge in [0.05, 0.1) is 17.3 Å². The van der Waals surface area contributed by atoms with Gasteiger partial charge in [0.15, 0.2) is 0 Å². The van der Waals surface area contributed by atoms with Crippen molar-refractivity contribution >= 4 is 21.7 Å². The molecule has 5 heteroatoms. The maximum atomic E-state index is 5.83. The molecule has 0 spiro atoms. The fourth-order valence-corrected chi connectivity index (χ4v) is 2.53. The van der Waals surface area contributed by atoms with Crippen molar-refractivity contribution in [1.82, 2.24) is 9.78 Å². The normalized spacial score (nSPS) is 10.7. The average molecular weight is 310 g/mol. The number of hydrogen-bond donors (Lipinski definition) is 1. The topological polar surface area (TPSA) is 53.1 Å². The van der Waals surface area contributed by atoms with Crippen LogP contribution in [0.15, 0.2) is 22.7 Å². The van der Waals surface area contributed by atoms with Crippen LogP contribution in [0.25, 0.3) is 11.3 Å². The lowest BCUT2D eigenvalue weighted by Crippen LogP contribution is -1.97. The van der Waals surface area contributed by atoms with Crippen LogP contribution in [-0.4, -0.2) is 16.9 Å². The molecule has 0 atom stereocenters. The molecule has 0 aliphatic carbocycles. The van der Waals surface area contributed by atoms with E-state index in [1.165, 1.54) is 5.56 Å². The zero-order valence-electron chi connectivity index (χ0n) is 10.7. The van der Waals surface area contributed by atoms with Crippen molar-refractivity contribution < 1.29 is 4.74 Å². The minimum absolute atomic E-state index is 0.630. The summed E-state index contributed by atoms with van der Waals surface area (Å²) < 4.78 is 8.03. The number of ether oxygens (including phenoxy) is 1. The Hall–Kier alpha value is -1.49. The zero-order valence-corrected chi connectivity index (χ0v) is 12.3. The van der Waals surface area contributed by atoms with E-state index in [9.17, 15) is 0 Å². The highest BCUT2D eigenvalue weighted by Crippen LogP contribution is 2.37. The van der Waals surface area contributed by atoms with Gasteiger partial charge in [-0.25, -0.2) is 0 Å². The van der Waals surface area contributed by atoms with Crippen LogP contribution >= 0.6 is 15.9 Å². The summed E-state index contributed by atoms with van der Waals surface area (Å²) in [7, 11) is 3.48. The zero-order chi connectivity index (χ0) is 13.3. The Morgan fingerprint density at radius 2 is 2.11 bits per heavy atom. The van der Waals surface area contributed by atoms with E-state index < -0.39 is 0 Å². The van der Waals surface area contributed by atoms with Crippen LogP contribution in [0.1, 0.15) is 12.5 Å². The number of hydrogen-bond acceptors (Lipinski definition) is 3. The predicted octanol–water partition coefficient (Wildman–Crippen LogP) is 3.00. The highest BCUT2D eigenvalue weighted by atomic mass is 79.9. The molecule has 0 saturated heterocycles. The molecule has 96 valence electrons. The van der Waals surface area contributed by atoms with Gasteiger partial charge in [0, 0.05) is 18.7 Å². The molecule has 0 unspecified atom stereocenters. The van der Waals surface area contributed by atoms with Gasteiger partial charge in [-0.15, -0.1) is 0 Å². The van der Waals surface area contributed by atoms with Gasteiger partial charge in [0.1, 0.15) is 11.6 Å². The molecule has 4 nitrogen and oxygen atoms in total. The summed E-state index contributed by atoms with van der Waals surface area (Å²) in [5.41, 5.74) is 8.83. The number of nitrogens with two attached hydrogens (primary N) is 1. The number of anilines is 1. The number of methoxy groups -OCH3 is 1. The van der Waals surface area contributed by atoms with Gasteiger partial charge >= 0.3 is 0 Å². The second-order valence-corrected chi connectivity index (χ2v) is 4.94. The monoisotopic (exact) mass is 309 g/mol. The lowest BCUT2D eigenvalue weighted by atomic mass is 10.1. The molecule has 0 radical (unpaired) electrons. The predicted molar refractivity (Wildman–Crippen MR) is 76.7 cm³/mol. The maximum absolute atomic E-state index is 5.83. The van der Waals surface area contributed by atoms with Gasteiger partial charge in [-0.05, 0) is 40.0 Å². The Morgan fingerprint density at radius 1 is 1.39 bits per heavy atom. The van der Waals surface area contributed by atoms with E-state index in [1.807, 2.05) is 13.1 Å². The number of aromatic nitrogens is 2. The molecule has 2 rings (SSSR count). The molecule has 0 aliphatic rings. The molecule has 0 aliphatic heterocycles. The van der Waals surface area contributed by atoms with Crippen LogP contribution in [0.2, 0.25) is 0 Å². The van der Waals surface area contributed by atoms with Crippen molar-refractivity contribution in [2.45, 2.75) is 13.3 Å². The van der Waals surface area contributed by atoms with Gasteiger partial charge in [-0.1, -0.05) is 6.92 Å². The third-order valence-electron chi connectivity index (χ3n) is 2.91. The van der Waals surface area contributed by atoms with Gasteiger partial charge in [0.2, 0.25) is 0 Å². The molecule has 1 aromatic carbocycles. The summed E-state index contributed by atoms with van der Waals surface area (Å²) in [5, 5.41) is 4.40. The third-order valence-corrected chi connectivity index (χ3v) is 3.50. The highest BCUT2D eigenvalue weighted by molar-refractivity contribution is 9.10. The summed E-state index contributed by atoms with van der Waals surface area (Å²) in [5.74, 6) is 1.41. The molecule has 18 heavy (non-hydrogen) atoms. The third kappa shape index (κ3) is 2.22. The quantitative estimate of drug-likeness (QED) is 0.948. The lowest BCUT2D eigenvalue weighted by Gasteiger charge is -2.10. The molecule has 1 aromatic heterocycles. The largest absolute Gasteiger partial charge is 0.495 e. The van der Waals surface area contributed by atoms with Gasteiger partial charge in [-0.2, -0.15) is 5.10 Å². The maximum Gasteiger partial charge on any atom is 0.142 e. The minimum Gasteiger partial charge on any atom is -0.495 e. The summed E-state index contributed by atoms with van der Waals surface area (Å²) >= 11 is 3.53. The van der Waals surface area contributed by atoms with Crippen molar-refractivity contribution in [2.75, 3.05) is 12.8 Å². The molecule has 0 bridgehead atoms. The van der Waals surface area contributed by atoms with E-state index in [0.29, 0.717) is 5.82 Å². The van der Waals surface area contributed by atoms with Gasteiger partial charge in [0.25, 0.3) is 0 Å². The Kier molecular flexibility index (Phi) is 3.61. The first-order valence-corrected chi connectivity index (χ1v) is 6.52. The number of halogens is 1. The Labute approximate surface area is 115 Å². The lowest BCUT2D eigenvalue weighted by molar-refractivity contribution is 0.413. The average Bonchev–Trinajstić information content (AvgIpc) is 2.68. The Bertz CT molecular complexity index is 558. The summed E-state index contributed by atoms with van der Waals surface area (Å²) in [6, 6.07) is 6.00. The second kappa shape index (κ2) is 5.02. The van der Waals surface area contributed by atoms with Crippen molar-refractivity contribution in [2.24, 2.45) is 7.05 Å². The number of rotatable bonds is 3. The van der Waals surface area contributed by atoms with Crippen LogP contribution in [0.4, 0.5) is 5.82 Å². The van der Waals surface area contributed by atoms with Gasteiger partial charge < -0.3 is 10.5 Å². The standard InChI is InChI=1S/C13H16BrN3O/c1-4-8-5-9(13(18-3)10(14)6-8)11-7-12(15)17(2)16-11/h5-7H,4,15H2,1-3H3. The van der Waals surface area contributed by atoms with Crippen molar-refractivity contribution in [3.63, 3.8) is 0 Å². The molecule has 2 N–H and O–H groups in total. The number of aryl methyl sites for hydroxylation is 2. The van der Waals surface area contributed by atoms with E-state index >= 15 is 0 Å². The fraction of sp³-hybridized carbons (Fsp3) is 0.308. The SMILES string of the molecule is CCc1cc(Br)c(OC)c(-c2cc(N)n(C)n2)c1. The number of nitrogens with zero attached hydrogens (tertiary/aromatic N) is 2. The molecule has 0 amide bonds. The first-order valence-electron chi connectivity index (χ1n) is 5.73. The molecule has 2 aromatic rings. The van der Waals surface area contributed by atoms with Gasteiger partial charge in [-0.3, -0.25) is 4.68 Å². The summed E-state index contributed by atoms with van der Waals surface area (Å²) in [6.07, 6.45) is 0.956. The van der Waals surface area contributed by atoms with Crippen LogP contribution in [0.5, 0.6) is 5.75 Å². The number of nitrogen functional groups attached to an aromatic ring is 1. The van der Waals surface area contributed by atoms with Crippen molar-refractivity contribution in [3.05, 3.63) is 28.2 Å². The van der Waals surface area contributed by atoms with E-state index in [4.69, 9.17) is 10.5 Å². The van der Waals surface area contributed by atoms with Crippen LogP contribution in [0.3, 0.4) is 0 Å². The Balaban J connectivity index is 2.64. The van der Waals surface area contributed by atoms with Crippen LogP contribution in [0, 0.1) is 0 Å². The molecule has 0 saturated carbocycles. The minimum atomic E-state index is 0.630. The Morgan fingerprint density at radius 3 is 2.61 bits per heavy atom. The van der Waals surface area contributed by atoms with Crippen LogP contribution < -0.4 is 10.5 Å².